The van der Waals surface area contributed by atoms with Gasteiger partial charge in [-0.05, 0) is 12.1 Å². The lowest BCUT2D eigenvalue weighted by molar-refractivity contribution is -0.117. The Kier molecular flexibility index (Phi) is 3.12. The van der Waals surface area contributed by atoms with Crippen LogP contribution in [-0.2, 0) is 14.8 Å². The van der Waals surface area contributed by atoms with Crippen LogP contribution in [-0.4, -0.2) is 31.6 Å². The Balaban J connectivity index is 2.11. The van der Waals surface area contributed by atoms with Crippen molar-refractivity contribution in [2.75, 3.05) is 17.2 Å². The zero-order valence-corrected chi connectivity index (χ0v) is 9.93. The molecular formula is C10H13N3O3S. The monoisotopic (exact) mass is 255 g/mol. The summed E-state index contributed by atoms with van der Waals surface area (Å²) in [5, 5.41) is 4.98. The van der Waals surface area contributed by atoms with E-state index >= 15 is 0 Å². The highest BCUT2D eigenvalue weighted by Crippen LogP contribution is 2.24. The minimum atomic E-state index is -3.53. The number of carbonyl (C=O) groups excluding carboxylic acids is 1. The van der Waals surface area contributed by atoms with Gasteiger partial charge in [-0.1, -0.05) is 0 Å². The van der Waals surface area contributed by atoms with Crippen molar-refractivity contribution in [2.45, 2.75) is 6.42 Å². The van der Waals surface area contributed by atoms with Crippen LogP contribution in [0.3, 0.4) is 0 Å². The number of nitrogens with two attached hydrogens (primary N) is 1. The van der Waals surface area contributed by atoms with Crippen LogP contribution < -0.4 is 10.0 Å². The Morgan fingerprint density at radius 3 is 2.65 bits per heavy atom. The summed E-state index contributed by atoms with van der Waals surface area (Å²) in [6.45, 7) is 0.388. The lowest BCUT2D eigenvalue weighted by atomic mass is 10.1. The summed E-state index contributed by atoms with van der Waals surface area (Å²) in [5.41, 5.74) is 0.738. The van der Waals surface area contributed by atoms with E-state index in [0.29, 0.717) is 6.54 Å². The molecule has 0 saturated carbocycles. The van der Waals surface area contributed by atoms with E-state index < -0.39 is 10.0 Å². The number of sulfonamides is 1. The van der Waals surface area contributed by atoms with Crippen molar-refractivity contribution >= 4 is 21.6 Å². The van der Waals surface area contributed by atoms with Crippen molar-refractivity contribution < 1.29 is 13.2 Å². The Hall–Kier alpha value is -1.47. The molecule has 0 aliphatic carbocycles. The van der Waals surface area contributed by atoms with Crippen molar-refractivity contribution in [1.82, 2.24) is 4.98 Å². The number of pyridine rings is 1. The lowest BCUT2D eigenvalue weighted by Crippen LogP contribution is -2.27. The van der Waals surface area contributed by atoms with E-state index in [0.717, 1.165) is 5.69 Å². The summed E-state index contributed by atoms with van der Waals surface area (Å²) in [6.07, 6.45) is 3.41. The van der Waals surface area contributed by atoms with Crippen molar-refractivity contribution in [1.29, 1.82) is 0 Å². The number of nitrogens with zero attached hydrogens (tertiary/aromatic N) is 2. The van der Waals surface area contributed by atoms with E-state index in [1.54, 1.807) is 29.4 Å². The molecule has 1 aromatic heterocycles. The third-order valence-corrected chi connectivity index (χ3v) is 3.58. The van der Waals surface area contributed by atoms with Crippen molar-refractivity contribution in [3.63, 3.8) is 0 Å². The van der Waals surface area contributed by atoms with Gasteiger partial charge in [0.2, 0.25) is 15.9 Å². The van der Waals surface area contributed by atoms with Crippen molar-refractivity contribution in [3.8, 4) is 0 Å². The van der Waals surface area contributed by atoms with Gasteiger partial charge in [0, 0.05) is 37.0 Å². The highest BCUT2D eigenvalue weighted by molar-refractivity contribution is 7.89. The first-order valence-electron chi connectivity index (χ1n) is 5.16. The zero-order chi connectivity index (χ0) is 12.5. The molecule has 0 radical (unpaired) electrons. The summed E-state index contributed by atoms with van der Waals surface area (Å²) in [5.74, 6) is -0.462. The van der Waals surface area contributed by atoms with Crippen LogP contribution in [0.1, 0.15) is 6.42 Å². The number of carbonyl (C=O) groups is 1. The molecule has 0 aromatic carbocycles. The van der Waals surface area contributed by atoms with Crippen LogP contribution in [0.25, 0.3) is 0 Å². The molecule has 1 aromatic rings. The molecule has 2 N–H and O–H groups in total. The number of aromatic nitrogens is 1. The summed E-state index contributed by atoms with van der Waals surface area (Å²) in [6, 6.07) is 3.44. The first kappa shape index (κ1) is 12.0. The van der Waals surface area contributed by atoms with Crippen molar-refractivity contribution in [3.05, 3.63) is 24.5 Å². The molecular weight excluding hydrogens is 242 g/mol. The normalized spacial score (nSPS) is 20.9. The van der Waals surface area contributed by atoms with Gasteiger partial charge in [-0.2, -0.15) is 0 Å². The fourth-order valence-corrected chi connectivity index (χ4v) is 2.88. The van der Waals surface area contributed by atoms with Crippen LogP contribution in [0.15, 0.2) is 24.5 Å². The summed E-state index contributed by atoms with van der Waals surface area (Å²) < 4.78 is 22.0. The van der Waals surface area contributed by atoms with Crippen LogP contribution in [0.2, 0.25) is 0 Å². The molecule has 1 amide bonds. The Bertz CT molecular complexity index is 515. The number of hydrogen-bond acceptors (Lipinski definition) is 4. The summed E-state index contributed by atoms with van der Waals surface area (Å²) >= 11 is 0. The first-order chi connectivity index (χ1) is 7.96. The number of hydrogen-bond donors (Lipinski definition) is 1. The van der Waals surface area contributed by atoms with E-state index in [4.69, 9.17) is 5.14 Å². The van der Waals surface area contributed by atoms with Crippen LogP contribution in [0.5, 0.6) is 0 Å². The SMILES string of the molecule is NS(=O)(=O)CC1CC(=O)N(c2ccncc2)C1. The Morgan fingerprint density at radius 1 is 1.41 bits per heavy atom. The molecule has 1 aliphatic heterocycles. The van der Waals surface area contributed by atoms with E-state index in [2.05, 4.69) is 4.98 Å². The molecule has 2 rings (SSSR count). The predicted octanol–water partition coefficient (Wildman–Crippen LogP) is -0.277. The second-order valence-electron chi connectivity index (χ2n) is 4.11. The topological polar surface area (TPSA) is 93.4 Å². The van der Waals surface area contributed by atoms with Crippen molar-refractivity contribution in [2.24, 2.45) is 11.1 Å². The van der Waals surface area contributed by atoms with Crippen LogP contribution >= 0.6 is 0 Å². The zero-order valence-electron chi connectivity index (χ0n) is 9.11. The summed E-state index contributed by atoms with van der Waals surface area (Å²) in [4.78, 5) is 17.2. The van der Waals surface area contributed by atoms with Gasteiger partial charge in [0.25, 0.3) is 0 Å². The van der Waals surface area contributed by atoms with Gasteiger partial charge in [0.15, 0.2) is 0 Å². The molecule has 0 spiro atoms. The van der Waals surface area contributed by atoms with Crippen LogP contribution in [0, 0.1) is 5.92 Å². The van der Waals surface area contributed by atoms with Gasteiger partial charge < -0.3 is 4.90 Å². The molecule has 2 heterocycles. The minimum absolute atomic E-state index is 0.0788. The number of amides is 1. The molecule has 7 heteroatoms. The van der Waals surface area contributed by atoms with Crippen LogP contribution in [0.4, 0.5) is 5.69 Å². The maximum Gasteiger partial charge on any atom is 0.227 e. The van der Waals surface area contributed by atoms with Gasteiger partial charge in [0.1, 0.15) is 0 Å². The quantitative estimate of drug-likeness (QED) is 0.804. The van der Waals surface area contributed by atoms with Gasteiger partial charge in [-0.15, -0.1) is 0 Å². The van der Waals surface area contributed by atoms with E-state index in [-0.39, 0.29) is 24.0 Å². The summed E-state index contributed by atoms with van der Waals surface area (Å²) in [7, 11) is -3.53. The minimum Gasteiger partial charge on any atom is -0.312 e. The molecule has 1 aliphatic rings. The highest BCUT2D eigenvalue weighted by atomic mass is 32.2. The largest absolute Gasteiger partial charge is 0.312 e. The molecule has 0 bridgehead atoms. The standard InChI is InChI=1S/C10H13N3O3S/c11-17(15,16)7-8-5-10(14)13(6-8)9-1-3-12-4-2-9/h1-4,8H,5-7H2,(H2,11,15,16). The fourth-order valence-electron chi connectivity index (χ4n) is 2.00. The van der Waals surface area contributed by atoms with E-state index in [9.17, 15) is 13.2 Å². The molecule has 17 heavy (non-hydrogen) atoms. The predicted molar refractivity (Wildman–Crippen MR) is 62.7 cm³/mol. The average Bonchev–Trinajstić information content (AvgIpc) is 2.58. The molecule has 1 fully saturated rings. The molecule has 1 unspecified atom stereocenters. The van der Waals surface area contributed by atoms with E-state index in [1.807, 2.05) is 0 Å². The third kappa shape index (κ3) is 3.01. The second kappa shape index (κ2) is 4.42. The van der Waals surface area contributed by atoms with Gasteiger partial charge in [-0.3, -0.25) is 9.78 Å². The Morgan fingerprint density at radius 2 is 2.06 bits per heavy atom. The van der Waals surface area contributed by atoms with Gasteiger partial charge in [0.05, 0.1) is 5.75 Å². The highest BCUT2D eigenvalue weighted by Gasteiger charge is 2.32. The Labute approximate surface area is 99.5 Å². The maximum atomic E-state index is 11.7. The molecule has 92 valence electrons. The smallest absolute Gasteiger partial charge is 0.227 e. The average molecular weight is 255 g/mol. The molecule has 6 nitrogen and oxygen atoms in total. The second-order valence-corrected chi connectivity index (χ2v) is 5.77. The van der Waals surface area contributed by atoms with Gasteiger partial charge >= 0.3 is 0 Å². The number of rotatable bonds is 3. The fraction of sp³-hybridized carbons (Fsp3) is 0.400. The molecule has 1 atom stereocenters. The lowest BCUT2D eigenvalue weighted by Gasteiger charge is -2.15. The number of anilines is 1. The molecule has 1 saturated heterocycles. The van der Waals surface area contributed by atoms with Gasteiger partial charge in [-0.25, -0.2) is 13.6 Å². The van der Waals surface area contributed by atoms with E-state index in [1.165, 1.54) is 0 Å². The first-order valence-corrected chi connectivity index (χ1v) is 6.88. The maximum absolute atomic E-state index is 11.7. The number of primary sulfonamides is 1. The third-order valence-electron chi connectivity index (χ3n) is 2.65.